The predicted octanol–water partition coefficient (Wildman–Crippen LogP) is 4.49. The number of ether oxygens (including phenoxy) is 3. The van der Waals surface area contributed by atoms with E-state index >= 15 is 0 Å². The number of hydrogen-bond acceptors (Lipinski definition) is 7. The van der Waals surface area contributed by atoms with E-state index < -0.39 is 50.1 Å². The summed E-state index contributed by atoms with van der Waals surface area (Å²) in [7, 11) is 1.58. The molecular weight excluding hydrogens is 438 g/mol. The van der Waals surface area contributed by atoms with Gasteiger partial charge in [-0.3, -0.25) is 4.90 Å². The van der Waals surface area contributed by atoms with Gasteiger partial charge in [0.05, 0.1) is 24.3 Å². The Balaban J connectivity index is 2.55. The minimum absolute atomic E-state index is 0.0100. The number of carbonyl (C=O) groups excluding carboxylic acids is 1. The van der Waals surface area contributed by atoms with Crippen LogP contribution in [0.3, 0.4) is 0 Å². The van der Waals surface area contributed by atoms with Crippen molar-refractivity contribution >= 4 is 14.4 Å². The first-order valence-electron chi connectivity index (χ1n) is 11.6. The standard InChI is InChI=1S/C24H43N3O5Si/c1-22(2,3)32-21(28)27-17(15-29-33(11,12)23(4,5)6)19-20(31-24(7,8)30-19)18(27)16(13-25)14-26(9)10/h14,17-20H,15H2,1-12H3/b16-14+/t17-,18+,19-,20+/m1/s1. The second-order valence-corrected chi connectivity index (χ2v) is 17.0. The van der Waals surface area contributed by atoms with Crippen LogP contribution in [0.1, 0.15) is 55.4 Å². The van der Waals surface area contributed by atoms with Gasteiger partial charge in [-0.15, -0.1) is 0 Å². The number of nitrogens with zero attached hydrogens (tertiary/aromatic N) is 3. The lowest BCUT2D eigenvalue weighted by atomic mass is 10.0. The summed E-state index contributed by atoms with van der Waals surface area (Å²) in [4.78, 5) is 16.9. The van der Waals surface area contributed by atoms with Crippen LogP contribution in [0.2, 0.25) is 18.1 Å². The molecule has 2 rings (SSSR count). The summed E-state index contributed by atoms with van der Waals surface area (Å²) in [6.45, 7) is 20.4. The molecule has 0 saturated carbocycles. The van der Waals surface area contributed by atoms with Crippen molar-refractivity contribution in [2.24, 2.45) is 0 Å². The largest absolute Gasteiger partial charge is 0.444 e. The van der Waals surface area contributed by atoms with Crippen LogP contribution in [0.5, 0.6) is 0 Å². The average molecular weight is 482 g/mol. The average Bonchev–Trinajstić information content (AvgIpc) is 3.05. The van der Waals surface area contributed by atoms with E-state index in [2.05, 4.69) is 39.9 Å². The third-order valence-corrected chi connectivity index (χ3v) is 10.9. The Morgan fingerprint density at radius 3 is 2.15 bits per heavy atom. The van der Waals surface area contributed by atoms with Gasteiger partial charge in [0.25, 0.3) is 0 Å². The molecule has 0 aromatic rings. The lowest BCUT2D eigenvalue weighted by Crippen LogP contribution is -2.52. The second kappa shape index (κ2) is 9.21. The molecule has 2 fully saturated rings. The van der Waals surface area contributed by atoms with Crippen LogP contribution in [-0.2, 0) is 18.6 Å². The first-order chi connectivity index (χ1) is 14.8. The van der Waals surface area contributed by atoms with E-state index in [0.717, 1.165) is 0 Å². The van der Waals surface area contributed by atoms with Crippen LogP contribution in [0.15, 0.2) is 11.8 Å². The molecule has 2 heterocycles. The molecule has 33 heavy (non-hydrogen) atoms. The maximum atomic E-state index is 13.5. The van der Waals surface area contributed by atoms with Gasteiger partial charge in [0, 0.05) is 20.3 Å². The minimum Gasteiger partial charge on any atom is -0.444 e. The summed E-state index contributed by atoms with van der Waals surface area (Å²) >= 11 is 0. The highest BCUT2D eigenvalue weighted by molar-refractivity contribution is 6.74. The van der Waals surface area contributed by atoms with E-state index in [1.807, 2.05) is 48.7 Å². The van der Waals surface area contributed by atoms with Crippen molar-refractivity contribution in [1.82, 2.24) is 9.80 Å². The summed E-state index contributed by atoms with van der Waals surface area (Å²) in [6, 6.07) is 1.18. The van der Waals surface area contributed by atoms with Crippen LogP contribution in [0, 0.1) is 11.3 Å². The first-order valence-corrected chi connectivity index (χ1v) is 14.5. The number of rotatable bonds is 5. The van der Waals surface area contributed by atoms with E-state index in [4.69, 9.17) is 18.6 Å². The zero-order valence-electron chi connectivity index (χ0n) is 22.5. The molecule has 0 aromatic carbocycles. The van der Waals surface area contributed by atoms with Gasteiger partial charge in [-0.2, -0.15) is 5.26 Å². The zero-order chi connectivity index (χ0) is 25.6. The molecule has 0 bridgehead atoms. The molecule has 0 aliphatic carbocycles. The molecule has 0 unspecified atom stereocenters. The number of hydrogen-bond donors (Lipinski definition) is 0. The van der Waals surface area contributed by atoms with Crippen molar-refractivity contribution in [1.29, 1.82) is 5.26 Å². The van der Waals surface area contributed by atoms with Crippen LogP contribution in [0.25, 0.3) is 0 Å². The van der Waals surface area contributed by atoms with Gasteiger partial charge in [0.15, 0.2) is 14.1 Å². The van der Waals surface area contributed by atoms with Crippen molar-refractivity contribution in [3.63, 3.8) is 0 Å². The summed E-state index contributed by atoms with van der Waals surface area (Å²) in [5, 5.41) is 10.0. The Morgan fingerprint density at radius 1 is 1.15 bits per heavy atom. The molecule has 4 atom stereocenters. The molecule has 0 radical (unpaired) electrons. The minimum atomic E-state index is -2.11. The fourth-order valence-electron chi connectivity index (χ4n) is 3.91. The van der Waals surface area contributed by atoms with Crippen molar-refractivity contribution < 1.29 is 23.4 Å². The molecule has 0 N–H and O–H groups in total. The maximum Gasteiger partial charge on any atom is 0.411 e. The van der Waals surface area contributed by atoms with Crippen LogP contribution in [0.4, 0.5) is 4.79 Å². The third kappa shape index (κ3) is 6.30. The molecule has 1 amide bonds. The second-order valence-electron chi connectivity index (χ2n) is 12.2. The molecule has 2 saturated heterocycles. The van der Waals surface area contributed by atoms with E-state index in [0.29, 0.717) is 5.57 Å². The van der Waals surface area contributed by atoms with Crippen LogP contribution >= 0.6 is 0 Å². The summed E-state index contributed by atoms with van der Waals surface area (Å²) in [6.07, 6.45) is 0.272. The molecule has 0 aromatic heterocycles. The summed E-state index contributed by atoms with van der Waals surface area (Å²) < 4.78 is 24.9. The van der Waals surface area contributed by atoms with Gasteiger partial charge in [-0.25, -0.2) is 4.79 Å². The van der Waals surface area contributed by atoms with Crippen molar-refractivity contribution in [3.8, 4) is 6.07 Å². The lowest BCUT2D eigenvalue weighted by molar-refractivity contribution is -0.166. The summed E-state index contributed by atoms with van der Waals surface area (Å²) in [5.41, 5.74) is -0.277. The highest BCUT2D eigenvalue weighted by Gasteiger charge is 2.61. The molecule has 2 aliphatic rings. The van der Waals surface area contributed by atoms with Crippen molar-refractivity contribution in [2.75, 3.05) is 20.7 Å². The number of likely N-dealkylation sites (tertiary alicyclic amines) is 1. The topological polar surface area (TPSA) is 84.3 Å². The Hall–Kier alpha value is -1.60. The number of fused-ring (bicyclic) bond motifs is 1. The van der Waals surface area contributed by atoms with Gasteiger partial charge in [-0.1, -0.05) is 20.8 Å². The van der Waals surface area contributed by atoms with Crippen molar-refractivity contribution in [3.05, 3.63) is 11.8 Å². The zero-order valence-corrected chi connectivity index (χ0v) is 23.5. The highest BCUT2D eigenvalue weighted by atomic mass is 28.4. The van der Waals surface area contributed by atoms with E-state index in [1.54, 1.807) is 16.0 Å². The Bertz CT molecular complexity index is 804. The fourth-order valence-corrected chi connectivity index (χ4v) is 4.93. The van der Waals surface area contributed by atoms with Crippen molar-refractivity contribution in [2.45, 2.75) is 109 Å². The molecule has 2 aliphatic heterocycles. The highest BCUT2D eigenvalue weighted by Crippen LogP contribution is 2.44. The molecular formula is C24H43N3O5Si. The summed E-state index contributed by atoms with van der Waals surface area (Å²) in [5.74, 6) is -0.832. The smallest absolute Gasteiger partial charge is 0.411 e. The Labute approximate surface area is 200 Å². The monoisotopic (exact) mass is 481 g/mol. The van der Waals surface area contributed by atoms with E-state index in [1.165, 1.54) is 0 Å². The molecule has 8 nitrogen and oxygen atoms in total. The van der Waals surface area contributed by atoms with Gasteiger partial charge in [-0.05, 0) is 52.8 Å². The maximum absolute atomic E-state index is 13.5. The van der Waals surface area contributed by atoms with E-state index in [-0.39, 0.29) is 11.6 Å². The number of carbonyl (C=O) groups is 1. The normalized spacial score (nSPS) is 27.8. The Kier molecular flexibility index (Phi) is 7.72. The Morgan fingerprint density at radius 2 is 1.70 bits per heavy atom. The quantitative estimate of drug-likeness (QED) is 0.423. The fraction of sp³-hybridized carbons (Fsp3) is 0.833. The predicted molar refractivity (Wildman–Crippen MR) is 130 cm³/mol. The molecule has 0 spiro atoms. The molecule has 9 heteroatoms. The lowest BCUT2D eigenvalue weighted by Gasteiger charge is -2.40. The van der Waals surface area contributed by atoms with Gasteiger partial charge >= 0.3 is 6.09 Å². The van der Waals surface area contributed by atoms with Gasteiger partial charge < -0.3 is 23.5 Å². The van der Waals surface area contributed by atoms with E-state index in [9.17, 15) is 10.1 Å². The molecule has 188 valence electrons. The third-order valence-electron chi connectivity index (χ3n) is 6.38. The van der Waals surface area contributed by atoms with Crippen LogP contribution < -0.4 is 0 Å². The first kappa shape index (κ1) is 27.6. The van der Waals surface area contributed by atoms with Gasteiger partial charge in [0.1, 0.15) is 23.9 Å². The number of nitriles is 1. The van der Waals surface area contributed by atoms with Crippen LogP contribution in [-0.4, -0.2) is 80.6 Å². The number of amides is 1. The van der Waals surface area contributed by atoms with Gasteiger partial charge in [0.2, 0.25) is 0 Å². The SMILES string of the molecule is CN(C)/C=C(\C#N)[C@H]1[C@@H]2OC(C)(C)O[C@@H]2[C@@H](CO[Si](C)(C)C(C)(C)C)N1C(=O)OC(C)(C)C.